The molecular weight excluding hydrogens is 212 g/mol. The van der Waals surface area contributed by atoms with Crippen LogP contribution in [0.25, 0.3) is 0 Å². The van der Waals surface area contributed by atoms with E-state index in [1.54, 1.807) is 0 Å². The van der Waals surface area contributed by atoms with Gasteiger partial charge in [0.15, 0.2) is 0 Å². The lowest BCUT2D eigenvalue weighted by Gasteiger charge is -2.23. The van der Waals surface area contributed by atoms with Crippen molar-refractivity contribution in [1.29, 1.82) is 0 Å². The fourth-order valence-corrected chi connectivity index (χ4v) is 2.48. The van der Waals surface area contributed by atoms with Crippen molar-refractivity contribution >= 4 is 0 Å². The van der Waals surface area contributed by atoms with E-state index in [-0.39, 0.29) is 0 Å². The van der Waals surface area contributed by atoms with Gasteiger partial charge < -0.3 is 10.1 Å². The standard InChI is InChI=1S/C14H22N2O/c1-3-15-14(12-6-8-17-10-12)9-13-11(2)5-4-7-16-13/h4-5,7,12,14-15H,3,6,8-10H2,1-2H3. The predicted octanol–water partition coefficient (Wildman–Crippen LogP) is 1.95. The summed E-state index contributed by atoms with van der Waals surface area (Å²) < 4.78 is 5.49. The fourth-order valence-electron chi connectivity index (χ4n) is 2.48. The molecule has 0 radical (unpaired) electrons. The molecule has 3 heteroatoms. The maximum absolute atomic E-state index is 5.49. The van der Waals surface area contributed by atoms with Gasteiger partial charge in [-0.1, -0.05) is 13.0 Å². The Labute approximate surface area is 104 Å². The van der Waals surface area contributed by atoms with E-state index in [1.807, 2.05) is 12.3 Å². The van der Waals surface area contributed by atoms with Gasteiger partial charge in [-0.25, -0.2) is 0 Å². The van der Waals surface area contributed by atoms with Gasteiger partial charge in [0.1, 0.15) is 0 Å². The molecule has 2 unspecified atom stereocenters. The lowest BCUT2D eigenvalue weighted by Crippen LogP contribution is -2.38. The largest absolute Gasteiger partial charge is 0.381 e. The summed E-state index contributed by atoms with van der Waals surface area (Å²) >= 11 is 0. The highest BCUT2D eigenvalue weighted by molar-refractivity contribution is 5.18. The topological polar surface area (TPSA) is 34.2 Å². The lowest BCUT2D eigenvalue weighted by atomic mass is 9.93. The molecule has 0 saturated carbocycles. The third-order valence-corrected chi connectivity index (χ3v) is 3.53. The van der Waals surface area contributed by atoms with E-state index in [0.717, 1.165) is 26.2 Å². The predicted molar refractivity (Wildman–Crippen MR) is 69.1 cm³/mol. The van der Waals surface area contributed by atoms with Gasteiger partial charge in [-0.15, -0.1) is 0 Å². The second-order valence-electron chi connectivity index (χ2n) is 4.76. The van der Waals surface area contributed by atoms with Gasteiger partial charge in [0, 0.05) is 36.9 Å². The average molecular weight is 234 g/mol. The Hall–Kier alpha value is -0.930. The van der Waals surface area contributed by atoms with E-state index < -0.39 is 0 Å². The van der Waals surface area contributed by atoms with Crippen molar-refractivity contribution in [2.24, 2.45) is 5.92 Å². The van der Waals surface area contributed by atoms with E-state index in [0.29, 0.717) is 12.0 Å². The van der Waals surface area contributed by atoms with Crippen LogP contribution in [0.3, 0.4) is 0 Å². The van der Waals surface area contributed by atoms with Crippen molar-refractivity contribution in [3.63, 3.8) is 0 Å². The molecule has 3 nitrogen and oxygen atoms in total. The molecule has 1 aromatic rings. The number of hydrogen-bond acceptors (Lipinski definition) is 3. The van der Waals surface area contributed by atoms with Gasteiger partial charge in [0.05, 0.1) is 6.61 Å². The zero-order valence-electron chi connectivity index (χ0n) is 10.8. The minimum absolute atomic E-state index is 0.496. The molecule has 1 fully saturated rings. The van der Waals surface area contributed by atoms with E-state index in [9.17, 15) is 0 Å². The number of hydrogen-bond donors (Lipinski definition) is 1. The number of aromatic nitrogens is 1. The molecule has 0 bridgehead atoms. The molecule has 17 heavy (non-hydrogen) atoms. The molecule has 2 atom stereocenters. The Morgan fingerprint density at radius 1 is 1.59 bits per heavy atom. The monoisotopic (exact) mass is 234 g/mol. The quantitative estimate of drug-likeness (QED) is 0.845. The molecule has 1 N–H and O–H groups in total. The summed E-state index contributed by atoms with van der Waals surface area (Å²) in [7, 11) is 0. The van der Waals surface area contributed by atoms with E-state index >= 15 is 0 Å². The van der Waals surface area contributed by atoms with Crippen LogP contribution >= 0.6 is 0 Å². The second kappa shape index (κ2) is 6.12. The van der Waals surface area contributed by atoms with Crippen molar-refractivity contribution in [2.75, 3.05) is 19.8 Å². The summed E-state index contributed by atoms with van der Waals surface area (Å²) in [5, 5.41) is 3.58. The van der Waals surface area contributed by atoms with Gasteiger partial charge in [-0.2, -0.15) is 0 Å². The van der Waals surface area contributed by atoms with E-state index in [2.05, 4.69) is 30.2 Å². The Morgan fingerprint density at radius 2 is 2.47 bits per heavy atom. The molecule has 0 amide bonds. The van der Waals surface area contributed by atoms with Crippen LogP contribution in [-0.4, -0.2) is 30.8 Å². The molecule has 1 aliphatic rings. The van der Waals surface area contributed by atoms with Crippen LogP contribution < -0.4 is 5.32 Å². The first-order valence-corrected chi connectivity index (χ1v) is 6.53. The summed E-state index contributed by atoms with van der Waals surface area (Å²) in [6, 6.07) is 4.63. The number of rotatable bonds is 5. The molecule has 1 aliphatic heterocycles. The molecular formula is C14H22N2O. The molecule has 1 saturated heterocycles. The third-order valence-electron chi connectivity index (χ3n) is 3.53. The molecule has 2 heterocycles. The molecule has 94 valence electrons. The number of likely N-dealkylation sites (N-methyl/N-ethyl adjacent to an activating group) is 1. The van der Waals surface area contributed by atoms with Crippen LogP contribution in [0, 0.1) is 12.8 Å². The summed E-state index contributed by atoms with van der Waals surface area (Å²) in [6.45, 7) is 7.11. The molecule has 1 aromatic heterocycles. The molecule has 0 spiro atoms. The maximum Gasteiger partial charge on any atom is 0.0510 e. The second-order valence-corrected chi connectivity index (χ2v) is 4.76. The number of aryl methyl sites for hydroxylation is 1. The number of ether oxygens (including phenoxy) is 1. The lowest BCUT2D eigenvalue weighted by molar-refractivity contribution is 0.176. The summed E-state index contributed by atoms with van der Waals surface area (Å²) in [5.41, 5.74) is 2.50. The van der Waals surface area contributed by atoms with Crippen molar-refractivity contribution in [3.8, 4) is 0 Å². The first-order valence-electron chi connectivity index (χ1n) is 6.53. The van der Waals surface area contributed by atoms with Gasteiger partial charge in [0.25, 0.3) is 0 Å². The van der Waals surface area contributed by atoms with Crippen LogP contribution in [0.5, 0.6) is 0 Å². The van der Waals surface area contributed by atoms with Crippen LogP contribution in [-0.2, 0) is 11.2 Å². The van der Waals surface area contributed by atoms with Gasteiger partial charge in [-0.3, -0.25) is 4.98 Å². The third kappa shape index (κ3) is 3.27. The van der Waals surface area contributed by atoms with Crippen LogP contribution in [0.1, 0.15) is 24.6 Å². The summed E-state index contributed by atoms with van der Waals surface area (Å²) in [6.07, 6.45) is 4.06. The highest BCUT2D eigenvalue weighted by Gasteiger charge is 2.25. The fraction of sp³-hybridized carbons (Fsp3) is 0.643. The molecule has 2 rings (SSSR count). The Kier molecular flexibility index (Phi) is 4.51. The minimum Gasteiger partial charge on any atom is -0.381 e. The zero-order chi connectivity index (χ0) is 12.1. The normalized spacial score (nSPS) is 21.6. The number of nitrogens with one attached hydrogen (secondary N) is 1. The van der Waals surface area contributed by atoms with Crippen molar-refractivity contribution in [2.45, 2.75) is 32.7 Å². The van der Waals surface area contributed by atoms with Crippen LogP contribution in [0.2, 0.25) is 0 Å². The van der Waals surface area contributed by atoms with Crippen molar-refractivity contribution in [3.05, 3.63) is 29.6 Å². The van der Waals surface area contributed by atoms with Crippen molar-refractivity contribution < 1.29 is 4.74 Å². The highest BCUT2D eigenvalue weighted by atomic mass is 16.5. The Bertz CT molecular complexity index is 348. The maximum atomic E-state index is 5.49. The Morgan fingerprint density at radius 3 is 3.12 bits per heavy atom. The number of nitrogens with zero attached hydrogens (tertiary/aromatic N) is 1. The van der Waals surface area contributed by atoms with Gasteiger partial charge in [-0.05, 0) is 31.5 Å². The minimum atomic E-state index is 0.496. The van der Waals surface area contributed by atoms with E-state index in [4.69, 9.17) is 4.74 Å². The number of pyridine rings is 1. The summed E-state index contributed by atoms with van der Waals surface area (Å²) in [4.78, 5) is 4.49. The van der Waals surface area contributed by atoms with E-state index in [1.165, 1.54) is 17.7 Å². The average Bonchev–Trinajstić information content (AvgIpc) is 2.85. The molecule has 0 aromatic carbocycles. The SMILES string of the molecule is CCNC(Cc1ncccc1C)C1CCOC1. The summed E-state index contributed by atoms with van der Waals surface area (Å²) in [5.74, 6) is 0.636. The Balaban J connectivity index is 2.04. The van der Waals surface area contributed by atoms with Crippen LogP contribution in [0.4, 0.5) is 0 Å². The van der Waals surface area contributed by atoms with Gasteiger partial charge >= 0.3 is 0 Å². The van der Waals surface area contributed by atoms with Crippen LogP contribution in [0.15, 0.2) is 18.3 Å². The first-order chi connectivity index (χ1) is 8.31. The van der Waals surface area contributed by atoms with Gasteiger partial charge in [0.2, 0.25) is 0 Å². The first kappa shape index (κ1) is 12.5. The zero-order valence-corrected chi connectivity index (χ0v) is 10.8. The van der Waals surface area contributed by atoms with Crippen molar-refractivity contribution in [1.82, 2.24) is 10.3 Å². The highest BCUT2D eigenvalue weighted by Crippen LogP contribution is 2.20. The molecule has 0 aliphatic carbocycles. The smallest absolute Gasteiger partial charge is 0.0510 e.